The lowest BCUT2D eigenvalue weighted by molar-refractivity contribution is 1.30. The second kappa shape index (κ2) is 5.64. The zero-order chi connectivity index (χ0) is 11.3. The maximum atomic E-state index is 4.34. The molecule has 1 radical (unpaired) electrons. The second-order valence-electron chi connectivity index (χ2n) is 3.84. The fourth-order valence-electron chi connectivity index (χ4n) is 1.20. The van der Waals surface area contributed by atoms with Gasteiger partial charge in [0.15, 0.2) is 7.28 Å². The van der Waals surface area contributed by atoms with Crippen LogP contribution in [0.25, 0.3) is 0 Å². The Bertz CT molecular complexity index is 304. The van der Waals surface area contributed by atoms with Crippen LogP contribution in [0.2, 0.25) is 0 Å². The first-order valence-electron chi connectivity index (χ1n) is 4.73. The van der Waals surface area contributed by atoms with Crippen molar-refractivity contribution in [1.82, 2.24) is 0 Å². The van der Waals surface area contributed by atoms with Crippen LogP contribution in [0, 0.1) is 0 Å². The number of aliphatic imine (C=N–C) groups is 1. The molecule has 0 aromatic carbocycles. The Morgan fingerprint density at radius 2 is 1.50 bits per heavy atom. The number of nitrogens with zero attached hydrogens (tertiary/aromatic N) is 1. The molecule has 0 aliphatic carbocycles. The predicted molar refractivity (Wildman–Crippen MR) is 66.9 cm³/mol. The molecule has 0 aromatic heterocycles. The van der Waals surface area contributed by atoms with Crippen molar-refractivity contribution in [2.24, 2.45) is 4.99 Å². The normalized spacial score (nSPS) is 10.8. The summed E-state index contributed by atoms with van der Waals surface area (Å²) in [5.74, 6) is 0. The molecule has 0 bridgehead atoms. The first-order valence-corrected chi connectivity index (χ1v) is 4.73. The first kappa shape index (κ1) is 13.0. The highest BCUT2D eigenvalue weighted by atomic mass is 14.7. The van der Waals surface area contributed by atoms with Crippen molar-refractivity contribution in [1.29, 1.82) is 0 Å². The summed E-state index contributed by atoms with van der Waals surface area (Å²) >= 11 is 0. The van der Waals surface area contributed by atoms with Crippen LogP contribution in [0.15, 0.2) is 40.4 Å². The third-order valence-electron chi connectivity index (χ3n) is 1.68. The molecule has 0 atom stereocenters. The van der Waals surface area contributed by atoms with E-state index in [1.807, 2.05) is 20.8 Å². The summed E-state index contributed by atoms with van der Waals surface area (Å²) in [6.45, 7) is 17.7. The van der Waals surface area contributed by atoms with E-state index in [9.17, 15) is 0 Å². The lowest BCUT2D eigenvalue weighted by Crippen LogP contribution is -2.09. The topological polar surface area (TPSA) is 12.4 Å². The van der Waals surface area contributed by atoms with Gasteiger partial charge < -0.3 is 0 Å². The molecule has 0 aliphatic rings. The van der Waals surface area contributed by atoms with Crippen molar-refractivity contribution in [3.05, 3.63) is 35.4 Å². The Hall–Kier alpha value is -1.05. The Labute approximate surface area is 88.6 Å². The van der Waals surface area contributed by atoms with E-state index in [4.69, 9.17) is 0 Å². The second-order valence-corrected chi connectivity index (χ2v) is 3.84. The molecule has 0 N–H and O–H groups in total. The van der Waals surface area contributed by atoms with Crippen LogP contribution in [-0.2, 0) is 0 Å². The van der Waals surface area contributed by atoms with Crippen LogP contribution in [0.1, 0.15) is 34.6 Å². The lowest BCUT2D eigenvalue weighted by atomic mass is 9.61. The summed E-state index contributed by atoms with van der Waals surface area (Å²) in [5, 5.41) is 0. The molecule has 0 heterocycles. The van der Waals surface area contributed by atoms with Crippen LogP contribution in [0.3, 0.4) is 0 Å². The van der Waals surface area contributed by atoms with Gasteiger partial charge in [-0.1, -0.05) is 24.5 Å². The third kappa shape index (κ3) is 4.85. The molecular formula is C12H19BN. The molecule has 1 nitrogen and oxygen atoms in total. The van der Waals surface area contributed by atoms with E-state index >= 15 is 0 Å². The number of hydrogen-bond donors (Lipinski definition) is 0. The van der Waals surface area contributed by atoms with Crippen molar-refractivity contribution in [2.45, 2.75) is 34.6 Å². The van der Waals surface area contributed by atoms with E-state index < -0.39 is 0 Å². The highest BCUT2D eigenvalue weighted by molar-refractivity contribution is 6.61. The Kier molecular flexibility index (Phi) is 5.22. The summed E-state index contributed by atoms with van der Waals surface area (Å²) < 4.78 is 0. The molecule has 0 rings (SSSR count). The van der Waals surface area contributed by atoms with Gasteiger partial charge in [-0.3, -0.25) is 4.99 Å². The predicted octanol–water partition coefficient (Wildman–Crippen LogP) is 3.51. The minimum Gasteiger partial charge on any atom is -0.260 e. The van der Waals surface area contributed by atoms with Crippen LogP contribution in [0.4, 0.5) is 0 Å². The molecule has 0 amide bonds. The third-order valence-corrected chi connectivity index (χ3v) is 1.68. The Morgan fingerprint density at radius 1 is 1.00 bits per heavy atom. The van der Waals surface area contributed by atoms with Crippen molar-refractivity contribution < 1.29 is 0 Å². The summed E-state index contributed by atoms with van der Waals surface area (Å²) in [7, 11) is 2.05. The van der Waals surface area contributed by atoms with E-state index in [2.05, 4.69) is 39.3 Å². The van der Waals surface area contributed by atoms with Gasteiger partial charge >= 0.3 is 0 Å². The molecular weight excluding hydrogens is 169 g/mol. The molecule has 0 unspecified atom stereocenters. The molecule has 0 aromatic rings. The zero-order valence-corrected chi connectivity index (χ0v) is 9.94. The fraction of sp³-hybridized carbons (Fsp3) is 0.417. The van der Waals surface area contributed by atoms with Gasteiger partial charge in [-0.15, -0.1) is 12.1 Å². The monoisotopic (exact) mass is 188 g/mol. The zero-order valence-electron chi connectivity index (χ0n) is 9.94. The highest BCUT2D eigenvalue weighted by Gasteiger charge is 2.05. The van der Waals surface area contributed by atoms with Crippen molar-refractivity contribution >= 4 is 13.0 Å². The van der Waals surface area contributed by atoms with Gasteiger partial charge in [0.05, 0.1) is 0 Å². The van der Waals surface area contributed by atoms with Crippen LogP contribution in [0.5, 0.6) is 0 Å². The molecule has 0 fully saturated rings. The summed E-state index contributed by atoms with van der Waals surface area (Å²) in [6, 6.07) is 0. The van der Waals surface area contributed by atoms with E-state index in [1.165, 1.54) is 5.57 Å². The molecule has 0 saturated carbocycles. The van der Waals surface area contributed by atoms with Gasteiger partial charge in [0.1, 0.15) is 0 Å². The van der Waals surface area contributed by atoms with Gasteiger partial charge in [-0.2, -0.15) is 0 Å². The summed E-state index contributed by atoms with van der Waals surface area (Å²) in [6.07, 6.45) is 0. The Balaban J connectivity index is 4.96. The van der Waals surface area contributed by atoms with Gasteiger partial charge in [-0.25, -0.2) is 0 Å². The van der Waals surface area contributed by atoms with Crippen molar-refractivity contribution in [3.63, 3.8) is 0 Å². The lowest BCUT2D eigenvalue weighted by Gasteiger charge is -2.08. The highest BCUT2D eigenvalue weighted by Crippen LogP contribution is 2.09. The van der Waals surface area contributed by atoms with Crippen LogP contribution in [-0.4, -0.2) is 13.0 Å². The fourth-order valence-corrected chi connectivity index (χ4v) is 1.20. The molecule has 75 valence electrons. The molecule has 0 saturated heterocycles. The molecule has 2 heteroatoms. The maximum absolute atomic E-state index is 4.34. The minimum atomic E-state index is 0.830. The van der Waals surface area contributed by atoms with Crippen molar-refractivity contribution in [3.8, 4) is 0 Å². The number of allylic oxidation sites excluding steroid dienone is 4. The molecule has 0 aliphatic heterocycles. The first-order chi connectivity index (χ1) is 6.34. The van der Waals surface area contributed by atoms with Gasteiger partial charge in [0.25, 0.3) is 0 Å². The van der Waals surface area contributed by atoms with Crippen molar-refractivity contribution in [2.75, 3.05) is 0 Å². The van der Waals surface area contributed by atoms with Gasteiger partial charge in [-0.05, 0) is 27.7 Å². The summed E-state index contributed by atoms with van der Waals surface area (Å²) in [4.78, 5) is 4.34. The van der Waals surface area contributed by atoms with E-state index in [1.54, 1.807) is 0 Å². The van der Waals surface area contributed by atoms with Gasteiger partial charge in [0, 0.05) is 11.4 Å². The van der Waals surface area contributed by atoms with E-state index in [0.717, 1.165) is 22.4 Å². The number of rotatable bonds is 4. The largest absolute Gasteiger partial charge is 0.260 e. The standard InChI is InChI=1S/C12H19BN/c1-8(2)12(13-9(3)4)11(7)14-10(5)6/h3,5H2,1-2,4,6-7H3. The quantitative estimate of drug-likeness (QED) is 0.472. The number of hydrogen-bond acceptors (Lipinski definition) is 1. The minimum absolute atomic E-state index is 0.830. The smallest absolute Gasteiger partial charge is 0.186 e. The summed E-state index contributed by atoms with van der Waals surface area (Å²) in [5.41, 5.74) is 5.27. The molecule has 14 heavy (non-hydrogen) atoms. The average molecular weight is 188 g/mol. The van der Waals surface area contributed by atoms with Crippen LogP contribution >= 0.6 is 0 Å². The average Bonchev–Trinajstić information content (AvgIpc) is 1.97. The van der Waals surface area contributed by atoms with Gasteiger partial charge in [0.2, 0.25) is 0 Å². The maximum Gasteiger partial charge on any atom is 0.186 e. The SMILES string of the molecule is C=C(C)[B]C(C(C)=NC(=C)C)=C(C)C. The molecule has 0 spiro atoms. The van der Waals surface area contributed by atoms with Crippen LogP contribution < -0.4 is 0 Å². The van der Waals surface area contributed by atoms with E-state index in [-0.39, 0.29) is 0 Å². The Morgan fingerprint density at radius 3 is 1.79 bits per heavy atom. The van der Waals surface area contributed by atoms with E-state index in [0.29, 0.717) is 0 Å².